The van der Waals surface area contributed by atoms with Gasteiger partial charge < -0.3 is 10.2 Å². The first-order chi connectivity index (χ1) is 7.54. The molecule has 0 amide bonds. The van der Waals surface area contributed by atoms with Crippen molar-refractivity contribution in [2.24, 2.45) is 17.8 Å². The summed E-state index contributed by atoms with van der Waals surface area (Å²) in [7, 11) is 0. The Balaban J connectivity index is 2.39. The van der Waals surface area contributed by atoms with Crippen molar-refractivity contribution < 1.29 is 15.0 Å². The number of aliphatic hydroxyl groups excluding tert-OH is 2. The lowest BCUT2D eigenvalue weighted by Gasteiger charge is -2.29. The van der Waals surface area contributed by atoms with Gasteiger partial charge in [0.2, 0.25) is 0 Å². The number of hydrogen-bond donors (Lipinski definition) is 2. The van der Waals surface area contributed by atoms with Gasteiger partial charge in [-0.25, -0.2) is 0 Å². The number of carbonyl (C=O) groups excluding carboxylic acids is 1. The minimum Gasteiger partial charge on any atom is -0.396 e. The average Bonchev–Trinajstić information content (AvgIpc) is 2.26. The van der Waals surface area contributed by atoms with Gasteiger partial charge in [0.25, 0.3) is 0 Å². The molecule has 0 aromatic carbocycles. The second kappa shape index (κ2) is 6.36. The lowest BCUT2D eigenvalue weighted by Crippen LogP contribution is -2.30. The van der Waals surface area contributed by atoms with Gasteiger partial charge >= 0.3 is 0 Å². The molecule has 1 saturated carbocycles. The molecule has 0 saturated heterocycles. The summed E-state index contributed by atoms with van der Waals surface area (Å²) in [4.78, 5) is 11.1. The summed E-state index contributed by atoms with van der Waals surface area (Å²) in [6.07, 6.45) is 3.17. The van der Waals surface area contributed by atoms with Crippen LogP contribution in [0.5, 0.6) is 0 Å². The zero-order valence-electron chi connectivity index (χ0n) is 10.4. The van der Waals surface area contributed by atoms with E-state index in [1.807, 2.05) is 0 Å². The third-order valence-electron chi connectivity index (χ3n) is 3.85. The number of carbonyl (C=O) groups is 1. The first-order valence-electron chi connectivity index (χ1n) is 6.35. The average molecular weight is 228 g/mol. The summed E-state index contributed by atoms with van der Waals surface area (Å²) in [5.74, 6) is 1.15. The third kappa shape index (κ3) is 3.87. The Morgan fingerprint density at radius 2 is 1.88 bits per heavy atom. The van der Waals surface area contributed by atoms with Crippen LogP contribution in [-0.2, 0) is 4.79 Å². The Labute approximate surface area is 97.9 Å². The van der Waals surface area contributed by atoms with Crippen LogP contribution in [0.1, 0.15) is 46.0 Å². The maximum atomic E-state index is 11.1. The zero-order chi connectivity index (χ0) is 12.1. The normalized spacial score (nSPS) is 22.4. The quantitative estimate of drug-likeness (QED) is 0.754. The SMILES string of the molecule is CC(C)C(CO)CC(O)C1CCC(=O)CC1. The molecule has 0 bridgehead atoms. The van der Waals surface area contributed by atoms with Gasteiger partial charge in [0.05, 0.1) is 6.10 Å². The molecule has 1 aliphatic carbocycles. The molecule has 0 aromatic heterocycles. The van der Waals surface area contributed by atoms with Crippen molar-refractivity contribution >= 4 is 5.78 Å². The Morgan fingerprint density at radius 3 is 2.31 bits per heavy atom. The largest absolute Gasteiger partial charge is 0.396 e. The monoisotopic (exact) mass is 228 g/mol. The third-order valence-corrected chi connectivity index (χ3v) is 3.85. The van der Waals surface area contributed by atoms with Gasteiger partial charge in [0, 0.05) is 19.4 Å². The van der Waals surface area contributed by atoms with Crippen molar-refractivity contribution in [3.63, 3.8) is 0 Å². The van der Waals surface area contributed by atoms with Crippen LogP contribution >= 0.6 is 0 Å². The van der Waals surface area contributed by atoms with Crippen LogP contribution in [0.3, 0.4) is 0 Å². The van der Waals surface area contributed by atoms with Crippen molar-refractivity contribution in [2.45, 2.75) is 52.1 Å². The summed E-state index contributed by atoms with van der Waals surface area (Å²) in [6, 6.07) is 0. The summed E-state index contributed by atoms with van der Waals surface area (Å²) in [5.41, 5.74) is 0. The molecule has 0 heterocycles. The number of aliphatic hydroxyl groups is 2. The molecule has 0 aromatic rings. The molecule has 2 N–H and O–H groups in total. The van der Waals surface area contributed by atoms with Crippen LogP contribution in [0, 0.1) is 17.8 Å². The molecule has 16 heavy (non-hydrogen) atoms. The van der Waals surface area contributed by atoms with Crippen LogP contribution in [-0.4, -0.2) is 28.7 Å². The molecular weight excluding hydrogens is 204 g/mol. The van der Waals surface area contributed by atoms with E-state index in [0.29, 0.717) is 31.0 Å². The molecule has 1 rings (SSSR count). The van der Waals surface area contributed by atoms with Crippen molar-refractivity contribution in [3.8, 4) is 0 Å². The highest BCUT2D eigenvalue weighted by molar-refractivity contribution is 5.79. The molecule has 0 radical (unpaired) electrons. The second-order valence-corrected chi connectivity index (χ2v) is 5.37. The van der Waals surface area contributed by atoms with Crippen molar-refractivity contribution in [3.05, 3.63) is 0 Å². The van der Waals surface area contributed by atoms with Gasteiger partial charge in [-0.1, -0.05) is 13.8 Å². The summed E-state index contributed by atoms with van der Waals surface area (Å²) >= 11 is 0. The van der Waals surface area contributed by atoms with Gasteiger partial charge in [-0.2, -0.15) is 0 Å². The highest BCUT2D eigenvalue weighted by atomic mass is 16.3. The van der Waals surface area contributed by atoms with E-state index < -0.39 is 0 Å². The van der Waals surface area contributed by atoms with Gasteiger partial charge in [-0.05, 0) is 37.0 Å². The van der Waals surface area contributed by atoms with Crippen LogP contribution in [0.2, 0.25) is 0 Å². The molecule has 3 nitrogen and oxygen atoms in total. The smallest absolute Gasteiger partial charge is 0.132 e. The number of rotatable bonds is 5. The Morgan fingerprint density at radius 1 is 1.31 bits per heavy atom. The van der Waals surface area contributed by atoms with Gasteiger partial charge in [0.1, 0.15) is 5.78 Å². The van der Waals surface area contributed by atoms with Gasteiger partial charge in [-0.15, -0.1) is 0 Å². The molecule has 1 aliphatic rings. The standard InChI is InChI=1S/C13H24O3/c1-9(2)11(8-14)7-13(16)10-3-5-12(15)6-4-10/h9-11,13-14,16H,3-8H2,1-2H3. The zero-order valence-corrected chi connectivity index (χ0v) is 10.4. The van der Waals surface area contributed by atoms with Crippen molar-refractivity contribution in [1.82, 2.24) is 0 Å². The molecule has 2 atom stereocenters. The lowest BCUT2D eigenvalue weighted by molar-refractivity contribution is -0.121. The first-order valence-corrected chi connectivity index (χ1v) is 6.35. The van der Waals surface area contributed by atoms with Crippen LogP contribution in [0.15, 0.2) is 0 Å². The summed E-state index contributed by atoms with van der Waals surface area (Å²) in [5, 5.41) is 19.3. The van der Waals surface area contributed by atoms with Gasteiger partial charge in [0.15, 0.2) is 0 Å². The highest BCUT2D eigenvalue weighted by Gasteiger charge is 2.27. The highest BCUT2D eigenvalue weighted by Crippen LogP contribution is 2.29. The fourth-order valence-electron chi connectivity index (χ4n) is 2.41. The molecule has 94 valence electrons. The summed E-state index contributed by atoms with van der Waals surface area (Å²) < 4.78 is 0. The molecule has 3 heteroatoms. The van der Waals surface area contributed by atoms with E-state index >= 15 is 0 Å². The summed E-state index contributed by atoms with van der Waals surface area (Å²) in [6.45, 7) is 4.27. The van der Waals surface area contributed by atoms with E-state index in [2.05, 4.69) is 13.8 Å². The first kappa shape index (κ1) is 13.7. The topological polar surface area (TPSA) is 57.5 Å². The second-order valence-electron chi connectivity index (χ2n) is 5.37. The predicted molar refractivity (Wildman–Crippen MR) is 63.0 cm³/mol. The number of hydrogen-bond acceptors (Lipinski definition) is 3. The van der Waals surface area contributed by atoms with E-state index in [1.165, 1.54) is 0 Å². The molecule has 1 fully saturated rings. The minimum atomic E-state index is -0.354. The predicted octanol–water partition coefficient (Wildman–Crippen LogP) is 1.76. The van der Waals surface area contributed by atoms with Gasteiger partial charge in [-0.3, -0.25) is 4.79 Å². The van der Waals surface area contributed by atoms with E-state index in [1.54, 1.807) is 0 Å². The number of Topliss-reactive ketones (excluding diaryl/α,β-unsaturated/α-hetero) is 1. The fraction of sp³-hybridized carbons (Fsp3) is 0.923. The minimum absolute atomic E-state index is 0.139. The Hall–Kier alpha value is -0.410. The maximum absolute atomic E-state index is 11.1. The van der Waals surface area contributed by atoms with E-state index in [4.69, 9.17) is 0 Å². The fourth-order valence-corrected chi connectivity index (χ4v) is 2.41. The molecular formula is C13H24O3. The van der Waals surface area contributed by atoms with Crippen LogP contribution < -0.4 is 0 Å². The molecule has 0 spiro atoms. The van der Waals surface area contributed by atoms with E-state index in [-0.39, 0.29) is 24.5 Å². The Bertz CT molecular complexity index is 215. The lowest BCUT2D eigenvalue weighted by atomic mass is 9.80. The van der Waals surface area contributed by atoms with Crippen LogP contribution in [0.25, 0.3) is 0 Å². The molecule has 2 unspecified atom stereocenters. The number of ketones is 1. The van der Waals surface area contributed by atoms with Crippen LogP contribution in [0.4, 0.5) is 0 Å². The van der Waals surface area contributed by atoms with Crippen molar-refractivity contribution in [1.29, 1.82) is 0 Å². The maximum Gasteiger partial charge on any atom is 0.132 e. The van der Waals surface area contributed by atoms with E-state index in [0.717, 1.165) is 12.8 Å². The Kier molecular flexibility index (Phi) is 5.42. The molecule has 0 aliphatic heterocycles. The van der Waals surface area contributed by atoms with Crippen molar-refractivity contribution in [2.75, 3.05) is 6.61 Å². The van der Waals surface area contributed by atoms with E-state index in [9.17, 15) is 15.0 Å².